The van der Waals surface area contributed by atoms with Crippen molar-refractivity contribution in [3.8, 4) is 6.07 Å². The lowest BCUT2D eigenvalue weighted by atomic mass is 10.1. The lowest BCUT2D eigenvalue weighted by molar-refractivity contribution is 0.00695. The lowest BCUT2D eigenvalue weighted by Gasteiger charge is -2.19. The van der Waals surface area contributed by atoms with Crippen LogP contribution in [0.25, 0.3) is 0 Å². The summed E-state index contributed by atoms with van der Waals surface area (Å²) in [4.78, 5) is 12.0. The first-order valence-corrected chi connectivity index (χ1v) is 7.89. The van der Waals surface area contributed by atoms with Crippen molar-refractivity contribution in [2.45, 2.75) is 39.5 Å². The molecule has 4 nitrogen and oxygen atoms in total. The molecule has 2 rings (SSSR count). The first kappa shape index (κ1) is 17.7. The van der Waals surface area contributed by atoms with E-state index in [1.807, 2.05) is 51.1 Å². The quantitative estimate of drug-likeness (QED) is 0.850. The number of hydrogen-bond acceptors (Lipinski definition) is 4. The topological polar surface area (TPSA) is 62.1 Å². The van der Waals surface area contributed by atoms with Crippen LogP contribution in [0.2, 0.25) is 0 Å². The standard InChI is InChI=1S/C20H22N2O2/c1-20(2,3)24-19(23)18-9-7-15(8-10-18)13-22-14-17-6-4-5-16(11-17)12-21/h4-11,22H,13-14H2,1-3H3. The number of carbonyl (C=O) groups is 1. The molecule has 0 spiro atoms. The monoisotopic (exact) mass is 322 g/mol. The van der Waals surface area contributed by atoms with Crippen LogP contribution in [-0.4, -0.2) is 11.6 Å². The Morgan fingerprint density at radius 3 is 2.38 bits per heavy atom. The average molecular weight is 322 g/mol. The summed E-state index contributed by atoms with van der Waals surface area (Å²) in [5, 5.41) is 12.2. The number of hydrogen-bond donors (Lipinski definition) is 1. The molecule has 0 radical (unpaired) electrons. The van der Waals surface area contributed by atoms with Gasteiger partial charge in [0.15, 0.2) is 0 Å². The number of nitrogens with zero attached hydrogens (tertiary/aromatic N) is 1. The van der Waals surface area contributed by atoms with Gasteiger partial charge < -0.3 is 10.1 Å². The van der Waals surface area contributed by atoms with Gasteiger partial charge in [-0.15, -0.1) is 0 Å². The van der Waals surface area contributed by atoms with Gasteiger partial charge in [0.05, 0.1) is 17.2 Å². The Morgan fingerprint density at radius 2 is 1.75 bits per heavy atom. The van der Waals surface area contributed by atoms with Crippen molar-refractivity contribution >= 4 is 5.97 Å². The van der Waals surface area contributed by atoms with Gasteiger partial charge in [0.25, 0.3) is 0 Å². The summed E-state index contributed by atoms with van der Waals surface area (Å²) in [6.45, 7) is 6.92. The highest BCUT2D eigenvalue weighted by molar-refractivity contribution is 5.89. The predicted molar refractivity (Wildman–Crippen MR) is 93.3 cm³/mol. The van der Waals surface area contributed by atoms with Gasteiger partial charge in [-0.3, -0.25) is 0 Å². The molecule has 2 aromatic carbocycles. The molecular weight excluding hydrogens is 300 g/mol. The number of rotatable bonds is 5. The molecule has 0 bridgehead atoms. The summed E-state index contributed by atoms with van der Waals surface area (Å²) < 4.78 is 5.34. The molecular formula is C20H22N2O2. The smallest absolute Gasteiger partial charge is 0.338 e. The molecule has 2 aromatic rings. The second-order valence-corrected chi connectivity index (χ2v) is 6.61. The van der Waals surface area contributed by atoms with E-state index in [0.29, 0.717) is 24.2 Å². The van der Waals surface area contributed by atoms with Gasteiger partial charge >= 0.3 is 5.97 Å². The highest BCUT2D eigenvalue weighted by Crippen LogP contribution is 2.13. The molecule has 4 heteroatoms. The molecule has 0 aromatic heterocycles. The van der Waals surface area contributed by atoms with Crippen molar-refractivity contribution in [2.75, 3.05) is 0 Å². The second-order valence-electron chi connectivity index (χ2n) is 6.61. The maximum Gasteiger partial charge on any atom is 0.338 e. The van der Waals surface area contributed by atoms with E-state index in [1.165, 1.54) is 0 Å². The SMILES string of the molecule is CC(C)(C)OC(=O)c1ccc(CNCc2cccc(C#N)c2)cc1. The summed E-state index contributed by atoms with van der Waals surface area (Å²) in [6, 6.07) is 17.1. The van der Waals surface area contributed by atoms with E-state index >= 15 is 0 Å². The van der Waals surface area contributed by atoms with E-state index in [-0.39, 0.29) is 5.97 Å². The summed E-state index contributed by atoms with van der Waals surface area (Å²) in [6.07, 6.45) is 0. The highest BCUT2D eigenvalue weighted by Gasteiger charge is 2.17. The first-order valence-electron chi connectivity index (χ1n) is 7.89. The largest absolute Gasteiger partial charge is 0.456 e. The Labute approximate surface area is 143 Å². The number of nitriles is 1. The minimum atomic E-state index is -0.491. The number of benzene rings is 2. The molecule has 0 atom stereocenters. The fourth-order valence-corrected chi connectivity index (χ4v) is 2.20. The van der Waals surface area contributed by atoms with Gasteiger partial charge in [-0.05, 0) is 56.2 Å². The molecule has 0 aliphatic carbocycles. The minimum Gasteiger partial charge on any atom is -0.456 e. The van der Waals surface area contributed by atoms with E-state index in [1.54, 1.807) is 18.2 Å². The second kappa shape index (κ2) is 7.76. The third kappa shape index (κ3) is 5.53. The summed E-state index contributed by atoms with van der Waals surface area (Å²) in [7, 11) is 0. The number of esters is 1. The fourth-order valence-electron chi connectivity index (χ4n) is 2.20. The Morgan fingerprint density at radius 1 is 1.08 bits per heavy atom. The van der Waals surface area contributed by atoms with Gasteiger partial charge in [-0.25, -0.2) is 4.79 Å². The van der Waals surface area contributed by atoms with Gasteiger partial charge in [0.1, 0.15) is 5.60 Å². The van der Waals surface area contributed by atoms with Gasteiger partial charge in [0.2, 0.25) is 0 Å². The van der Waals surface area contributed by atoms with Gasteiger partial charge in [-0.2, -0.15) is 5.26 Å². The van der Waals surface area contributed by atoms with Crippen LogP contribution in [0.1, 0.15) is 47.8 Å². The van der Waals surface area contributed by atoms with Crippen molar-refractivity contribution < 1.29 is 9.53 Å². The van der Waals surface area contributed by atoms with Crippen LogP contribution in [0.15, 0.2) is 48.5 Å². The first-order chi connectivity index (χ1) is 11.4. The maximum atomic E-state index is 12.0. The van der Waals surface area contributed by atoms with Crippen LogP contribution < -0.4 is 5.32 Å². The Balaban J connectivity index is 1.88. The van der Waals surface area contributed by atoms with Crippen LogP contribution in [0.3, 0.4) is 0 Å². The molecule has 0 amide bonds. The van der Waals surface area contributed by atoms with Crippen LogP contribution in [0, 0.1) is 11.3 Å². The van der Waals surface area contributed by atoms with Gasteiger partial charge in [0, 0.05) is 13.1 Å². The van der Waals surface area contributed by atoms with Crippen LogP contribution in [0.5, 0.6) is 0 Å². The molecule has 24 heavy (non-hydrogen) atoms. The molecule has 0 unspecified atom stereocenters. The molecule has 0 fully saturated rings. The third-order valence-corrected chi connectivity index (χ3v) is 3.30. The number of carbonyl (C=O) groups excluding carboxylic acids is 1. The summed E-state index contributed by atoms with van der Waals surface area (Å²) >= 11 is 0. The predicted octanol–water partition coefficient (Wildman–Crippen LogP) is 3.80. The molecule has 124 valence electrons. The van der Waals surface area contributed by atoms with Crippen LogP contribution in [0.4, 0.5) is 0 Å². The normalized spacial score (nSPS) is 10.9. The van der Waals surface area contributed by atoms with Crippen molar-refractivity contribution in [1.29, 1.82) is 5.26 Å². The molecule has 0 saturated heterocycles. The molecule has 0 aliphatic heterocycles. The van der Waals surface area contributed by atoms with E-state index in [2.05, 4.69) is 11.4 Å². The Kier molecular flexibility index (Phi) is 5.73. The number of nitrogens with one attached hydrogen (secondary N) is 1. The van der Waals surface area contributed by atoms with Crippen LogP contribution >= 0.6 is 0 Å². The molecule has 0 heterocycles. The van der Waals surface area contributed by atoms with E-state index in [4.69, 9.17) is 10.00 Å². The molecule has 0 saturated carbocycles. The average Bonchev–Trinajstić information content (AvgIpc) is 2.54. The lowest BCUT2D eigenvalue weighted by Crippen LogP contribution is -2.23. The highest BCUT2D eigenvalue weighted by atomic mass is 16.6. The van der Waals surface area contributed by atoms with Crippen molar-refractivity contribution in [3.05, 3.63) is 70.8 Å². The van der Waals surface area contributed by atoms with Crippen LogP contribution in [-0.2, 0) is 17.8 Å². The van der Waals surface area contributed by atoms with Gasteiger partial charge in [-0.1, -0.05) is 24.3 Å². The third-order valence-electron chi connectivity index (χ3n) is 3.30. The van der Waals surface area contributed by atoms with Crippen molar-refractivity contribution in [1.82, 2.24) is 5.32 Å². The van der Waals surface area contributed by atoms with E-state index < -0.39 is 5.60 Å². The van der Waals surface area contributed by atoms with E-state index in [9.17, 15) is 4.79 Å². The Hall–Kier alpha value is -2.64. The zero-order chi connectivity index (χ0) is 17.6. The summed E-state index contributed by atoms with van der Waals surface area (Å²) in [5.74, 6) is -0.310. The molecule has 1 N–H and O–H groups in total. The minimum absolute atomic E-state index is 0.310. The fraction of sp³-hybridized carbons (Fsp3) is 0.300. The van der Waals surface area contributed by atoms with Crippen molar-refractivity contribution in [2.24, 2.45) is 0 Å². The summed E-state index contributed by atoms with van der Waals surface area (Å²) in [5.41, 5.74) is 2.87. The molecule has 0 aliphatic rings. The zero-order valence-electron chi connectivity index (χ0n) is 14.3. The maximum absolute atomic E-state index is 12.0. The Bertz CT molecular complexity index is 737. The zero-order valence-corrected chi connectivity index (χ0v) is 14.3. The van der Waals surface area contributed by atoms with E-state index in [0.717, 1.165) is 11.1 Å². The van der Waals surface area contributed by atoms with Crippen molar-refractivity contribution in [3.63, 3.8) is 0 Å². The number of ether oxygens (including phenoxy) is 1.